The minimum atomic E-state index is -1.47. The predicted molar refractivity (Wildman–Crippen MR) is 139 cm³/mol. The Balaban J connectivity index is 1.91. The monoisotopic (exact) mass is 503 g/mol. The van der Waals surface area contributed by atoms with Gasteiger partial charge in [0.1, 0.15) is 18.8 Å². The normalized spacial score (nSPS) is 11.9. The van der Waals surface area contributed by atoms with Gasteiger partial charge in [-0.25, -0.2) is 4.79 Å². The first kappa shape index (κ1) is 27.5. The van der Waals surface area contributed by atoms with Crippen LogP contribution in [0.1, 0.15) is 49.1 Å². The molecule has 194 valence electrons. The van der Waals surface area contributed by atoms with Crippen LogP contribution >= 0.6 is 0 Å². The molecule has 1 N–H and O–H groups in total. The second-order valence-electron chi connectivity index (χ2n) is 9.70. The molecule has 0 aromatic heterocycles. The number of amides is 1. The number of hydrogen-bond acceptors (Lipinski definition) is 6. The Morgan fingerprint density at radius 3 is 1.62 bits per heavy atom. The largest absolute Gasteiger partial charge is 0.460 e. The van der Waals surface area contributed by atoms with E-state index in [1.165, 1.54) is 0 Å². The minimum Gasteiger partial charge on any atom is -0.460 e. The second kappa shape index (κ2) is 12.7. The number of carbonyl (C=O) groups is 3. The number of nitrogens with one attached hydrogen (secondary N) is 1. The van der Waals surface area contributed by atoms with Crippen LogP contribution in [0.5, 0.6) is 0 Å². The van der Waals surface area contributed by atoms with Gasteiger partial charge in [-0.2, -0.15) is 0 Å². The molecule has 0 saturated heterocycles. The Hall–Kier alpha value is -4.13. The smallest absolute Gasteiger partial charge is 0.408 e. The molecule has 37 heavy (non-hydrogen) atoms. The van der Waals surface area contributed by atoms with Gasteiger partial charge in [0.25, 0.3) is 0 Å². The van der Waals surface area contributed by atoms with Crippen molar-refractivity contribution in [2.75, 3.05) is 0 Å². The van der Waals surface area contributed by atoms with E-state index in [2.05, 4.69) is 5.32 Å². The van der Waals surface area contributed by atoms with Crippen LogP contribution in [-0.2, 0) is 37.0 Å². The summed E-state index contributed by atoms with van der Waals surface area (Å²) in [5.41, 5.74) is 2.27. The van der Waals surface area contributed by atoms with Gasteiger partial charge in [-0.05, 0) is 44.4 Å². The lowest BCUT2D eigenvalue weighted by Crippen LogP contribution is -2.43. The molecule has 3 aromatic rings. The van der Waals surface area contributed by atoms with Crippen LogP contribution in [0.3, 0.4) is 0 Å². The molecule has 0 bridgehead atoms. The first-order valence-corrected chi connectivity index (χ1v) is 12.1. The number of aryl methyl sites for hydroxylation is 1. The highest BCUT2D eigenvalue weighted by atomic mass is 16.6. The Bertz CT molecular complexity index is 1110. The van der Waals surface area contributed by atoms with E-state index in [-0.39, 0.29) is 13.2 Å². The highest BCUT2D eigenvalue weighted by Gasteiger charge is 2.40. The first-order valence-electron chi connectivity index (χ1n) is 12.1. The molecule has 0 fully saturated rings. The zero-order valence-electron chi connectivity index (χ0n) is 21.6. The van der Waals surface area contributed by atoms with E-state index in [4.69, 9.17) is 14.2 Å². The third-order valence-corrected chi connectivity index (χ3v) is 5.40. The summed E-state index contributed by atoms with van der Waals surface area (Å²) in [4.78, 5) is 39.6. The quantitative estimate of drug-likeness (QED) is 0.230. The molecule has 0 aliphatic rings. The summed E-state index contributed by atoms with van der Waals surface area (Å²) in [6.07, 6.45) is -0.769. The molecule has 0 aliphatic carbocycles. The molecule has 0 saturated carbocycles. The zero-order chi connectivity index (χ0) is 26.8. The van der Waals surface area contributed by atoms with E-state index in [9.17, 15) is 14.4 Å². The fourth-order valence-corrected chi connectivity index (χ4v) is 3.57. The van der Waals surface area contributed by atoms with E-state index in [1.807, 2.05) is 79.7 Å². The average Bonchev–Trinajstić information content (AvgIpc) is 2.86. The van der Waals surface area contributed by atoms with Gasteiger partial charge in [0.2, 0.25) is 0 Å². The molecule has 0 spiro atoms. The molecule has 1 amide bonds. The standard InChI is InChI=1S/C30H33NO6/c1-21-15-17-24(18-16-21)26(31-29(34)37-30(2,3)4)25(27(32)35-19-22-11-7-5-8-12-22)28(33)36-20-23-13-9-6-10-14-23/h5-18,25-26H,19-20H2,1-4H3,(H,31,34)/t26-/m1/s1. The van der Waals surface area contributed by atoms with E-state index < -0.39 is 35.6 Å². The fourth-order valence-electron chi connectivity index (χ4n) is 3.57. The average molecular weight is 504 g/mol. The van der Waals surface area contributed by atoms with Crippen molar-refractivity contribution >= 4 is 18.0 Å². The molecular weight excluding hydrogens is 470 g/mol. The molecule has 7 heteroatoms. The first-order chi connectivity index (χ1) is 17.6. The Kier molecular flexibility index (Phi) is 9.44. The Morgan fingerprint density at radius 1 is 0.730 bits per heavy atom. The van der Waals surface area contributed by atoms with E-state index in [0.717, 1.165) is 16.7 Å². The van der Waals surface area contributed by atoms with Crippen LogP contribution in [0.15, 0.2) is 84.9 Å². The lowest BCUT2D eigenvalue weighted by Gasteiger charge is -2.28. The van der Waals surface area contributed by atoms with Crippen molar-refractivity contribution < 1.29 is 28.6 Å². The summed E-state index contributed by atoms with van der Waals surface area (Å²) in [5, 5.41) is 2.70. The lowest BCUT2D eigenvalue weighted by atomic mass is 9.92. The molecule has 3 aromatic carbocycles. The van der Waals surface area contributed by atoms with Gasteiger partial charge in [0.15, 0.2) is 5.92 Å². The van der Waals surface area contributed by atoms with Crippen molar-refractivity contribution in [3.63, 3.8) is 0 Å². The van der Waals surface area contributed by atoms with Gasteiger partial charge in [0, 0.05) is 0 Å². The molecule has 3 rings (SSSR count). The van der Waals surface area contributed by atoms with Gasteiger partial charge < -0.3 is 19.5 Å². The van der Waals surface area contributed by atoms with Crippen molar-refractivity contribution in [3.05, 3.63) is 107 Å². The van der Waals surface area contributed by atoms with Gasteiger partial charge in [-0.1, -0.05) is 90.5 Å². The summed E-state index contributed by atoms with van der Waals surface area (Å²) < 4.78 is 16.5. The van der Waals surface area contributed by atoms with Crippen molar-refractivity contribution in [1.29, 1.82) is 0 Å². The van der Waals surface area contributed by atoms with Crippen LogP contribution in [0, 0.1) is 12.8 Å². The van der Waals surface area contributed by atoms with Crippen LogP contribution < -0.4 is 5.32 Å². The van der Waals surface area contributed by atoms with Crippen molar-refractivity contribution in [2.45, 2.75) is 52.6 Å². The van der Waals surface area contributed by atoms with E-state index in [0.29, 0.717) is 5.56 Å². The fraction of sp³-hybridized carbons (Fsp3) is 0.300. The van der Waals surface area contributed by atoms with Gasteiger partial charge in [-0.15, -0.1) is 0 Å². The maximum absolute atomic E-state index is 13.4. The van der Waals surface area contributed by atoms with Crippen LogP contribution in [0.4, 0.5) is 4.79 Å². The third-order valence-electron chi connectivity index (χ3n) is 5.40. The molecule has 1 atom stereocenters. The summed E-state index contributed by atoms with van der Waals surface area (Å²) in [6, 6.07) is 24.4. The number of ether oxygens (including phenoxy) is 3. The lowest BCUT2D eigenvalue weighted by molar-refractivity contribution is -0.165. The summed E-state index contributed by atoms with van der Waals surface area (Å²) in [7, 11) is 0. The highest BCUT2D eigenvalue weighted by Crippen LogP contribution is 2.27. The topological polar surface area (TPSA) is 90.9 Å². The number of alkyl carbamates (subject to hydrolysis) is 1. The number of carbonyl (C=O) groups excluding carboxylic acids is 3. The highest BCUT2D eigenvalue weighted by molar-refractivity contribution is 5.96. The zero-order valence-corrected chi connectivity index (χ0v) is 21.6. The van der Waals surface area contributed by atoms with E-state index in [1.54, 1.807) is 32.9 Å². The number of esters is 2. The summed E-state index contributed by atoms with van der Waals surface area (Å²) in [6.45, 7) is 7.04. The molecule has 0 unspecified atom stereocenters. The molecule has 0 heterocycles. The minimum absolute atomic E-state index is 0.0325. The Morgan fingerprint density at radius 2 is 1.19 bits per heavy atom. The van der Waals surface area contributed by atoms with Gasteiger partial charge in [0.05, 0.1) is 6.04 Å². The maximum atomic E-state index is 13.4. The Labute approximate surface area is 217 Å². The number of benzene rings is 3. The third kappa shape index (κ3) is 8.79. The number of hydrogen-bond donors (Lipinski definition) is 1. The summed E-state index contributed by atoms with van der Waals surface area (Å²) >= 11 is 0. The SMILES string of the molecule is Cc1ccc([C@@H](NC(=O)OC(C)(C)C)C(C(=O)OCc2ccccc2)C(=O)OCc2ccccc2)cc1. The molecular formula is C30H33NO6. The molecule has 0 aliphatic heterocycles. The predicted octanol–water partition coefficient (Wildman–Crippen LogP) is 5.66. The summed E-state index contributed by atoms with van der Waals surface area (Å²) in [5.74, 6) is -3.10. The molecule has 0 radical (unpaired) electrons. The maximum Gasteiger partial charge on any atom is 0.408 e. The number of rotatable bonds is 9. The van der Waals surface area contributed by atoms with E-state index >= 15 is 0 Å². The van der Waals surface area contributed by atoms with Crippen molar-refractivity contribution in [3.8, 4) is 0 Å². The van der Waals surface area contributed by atoms with Crippen molar-refractivity contribution in [2.24, 2.45) is 5.92 Å². The molecule has 7 nitrogen and oxygen atoms in total. The second-order valence-corrected chi connectivity index (χ2v) is 9.70. The van der Waals surface area contributed by atoms with Crippen LogP contribution in [0.25, 0.3) is 0 Å². The van der Waals surface area contributed by atoms with Crippen LogP contribution in [0.2, 0.25) is 0 Å². The van der Waals surface area contributed by atoms with Crippen LogP contribution in [-0.4, -0.2) is 23.6 Å². The van der Waals surface area contributed by atoms with Crippen molar-refractivity contribution in [1.82, 2.24) is 5.32 Å². The van der Waals surface area contributed by atoms with Gasteiger partial charge in [-0.3, -0.25) is 9.59 Å². The van der Waals surface area contributed by atoms with Gasteiger partial charge >= 0.3 is 18.0 Å².